The molecule has 0 amide bonds. The maximum atomic E-state index is 8.94. The van der Waals surface area contributed by atoms with Gasteiger partial charge in [-0.15, -0.1) is 0 Å². The fourth-order valence-corrected chi connectivity index (χ4v) is 5.57. The molecule has 4 bridgehead atoms. The second-order valence-electron chi connectivity index (χ2n) is 7.34. The van der Waals surface area contributed by atoms with E-state index in [1.807, 2.05) is 6.20 Å². The summed E-state index contributed by atoms with van der Waals surface area (Å²) in [4.78, 5) is 0. The minimum atomic E-state index is 0.688. The fourth-order valence-electron chi connectivity index (χ4n) is 5.57. The van der Waals surface area contributed by atoms with Gasteiger partial charge in [0.2, 0.25) is 0 Å². The molecule has 4 aliphatic carbocycles. The van der Waals surface area contributed by atoms with E-state index >= 15 is 0 Å². The number of rotatable bonds is 3. The first-order chi connectivity index (χ1) is 9.72. The van der Waals surface area contributed by atoms with Crippen molar-refractivity contribution in [3.05, 3.63) is 17.8 Å². The van der Waals surface area contributed by atoms with Gasteiger partial charge in [-0.2, -0.15) is 5.26 Å². The summed E-state index contributed by atoms with van der Waals surface area (Å²) in [5, 5.41) is 8.94. The standard InChI is InChI=1S/C17H23N3/c18-9-13-8-17(19)20(10-13)2-1-16-14-4-11-3-12(6-14)7-15(16)5-11/h8,10-12,14-16H,1-7,19H2. The van der Waals surface area contributed by atoms with Crippen LogP contribution in [0.3, 0.4) is 0 Å². The molecule has 1 aromatic heterocycles. The van der Waals surface area contributed by atoms with Gasteiger partial charge in [0.1, 0.15) is 11.9 Å². The Hall–Kier alpha value is -1.43. The summed E-state index contributed by atoms with van der Waals surface area (Å²) < 4.78 is 2.07. The van der Waals surface area contributed by atoms with Gasteiger partial charge in [0, 0.05) is 12.7 Å². The summed E-state index contributed by atoms with van der Waals surface area (Å²) in [5.41, 5.74) is 6.68. The van der Waals surface area contributed by atoms with E-state index in [1.165, 1.54) is 38.5 Å². The fraction of sp³-hybridized carbons (Fsp3) is 0.706. The third-order valence-corrected chi connectivity index (χ3v) is 6.18. The van der Waals surface area contributed by atoms with E-state index in [9.17, 15) is 0 Å². The van der Waals surface area contributed by atoms with Crippen molar-refractivity contribution in [1.82, 2.24) is 4.57 Å². The number of nitrogens with zero attached hydrogens (tertiary/aromatic N) is 2. The van der Waals surface area contributed by atoms with Crippen LogP contribution in [-0.4, -0.2) is 4.57 Å². The second-order valence-corrected chi connectivity index (χ2v) is 7.34. The lowest BCUT2D eigenvalue weighted by molar-refractivity contribution is -0.0410. The molecule has 4 saturated carbocycles. The Morgan fingerprint density at radius 1 is 1.15 bits per heavy atom. The zero-order valence-electron chi connectivity index (χ0n) is 12.0. The molecule has 4 aliphatic rings. The highest BCUT2D eigenvalue weighted by Crippen LogP contribution is 2.57. The number of nitriles is 1. The molecule has 3 heteroatoms. The van der Waals surface area contributed by atoms with Crippen LogP contribution in [-0.2, 0) is 6.54 Å². The molecule has 0 spiro atoms. The molecular formula is C17H23N3. The van der Waals surface area contributed by atoms with Crippen molar-refractivity contribution in [1.29, 1.82) is 5.26 Å². The van der Waals surface area contributed by atoms with Crippen LogP contribution in [0.5, 0.6) is 0 Å². The van der Waals surface area contributed by atoms with E-state index in [4.69, 9.17) is 11.0 Å². The van der Waals surface area contributed by atoms with E-state index in [2.05, 4.69) is 10.6 Å². The van der Waals surface area contributed by atoms with Crippen LogP contribution in [0.2, 0.25) is 0 Å². The summed E-state index contributed by atoms with van der Waals surface area (Å²) in [6, 6.07) is 3.97. The molecule has 1 aromatic rings. The molecule has 0 saturated heterocycles. The Morgan fingerprint density at radius 3 is 2.35 bits per heavy atom. The van der Waals surface area contributed by atoms with Gasteiger partial charge < -0.3 is 10.3 Å². The molecular weight excluding hydrogens is 246 g/mol. The molecule has 20 heavy (non-hydrogen) atoms. The van der Waals surface area contributed by atoms with Crippen molar-refractivity contribution < 1.29 is 0 Å². The Bertz CT molecular complexity index is 523. The van der Waals surface area contributed by atoms with Crippen molar-refractivity contribution in [2.75, 3.05) is 5.73 Å². The van der Waals surface area contributed by atoms with Crippen LogP contribution in [0.25, 0.3) is 0 Å². The zero-order chi connectivity index (χ0) is 13.7. The van der Waals surface area contributed by atoms with Crippen molar-refractivity contribution >= 4 is 5.82 Å². The van der Waals surface area contributed by atoms with Crippen molar-refractivity contribution in [2.45, 2.75) is 45.1 Å². The van der Waals surface area contributed by atoms with Gasteiger partial charge in [0.05, 0.1) is 5.56 Å². The highest BCUT2D eigenvalue weighted by Gasteiger charge is 2.47. The lowest BCUT2D eigenvalue weighted by Gasteiger charge is -2.54. The number of hydrogen-bond acceptors (Lipinski definition) is 2. The number of aromatic nitrogens is 1. The Labute approximate surface area is 120 Å². The number of hydrogen-bond donors (Lipinski definition) is 1. The van der Waals surface area contributed by atoms with Gasteiger partial charge in [0.25, 0.3) is 0 Å². The minimum absolute atomic E-state index is 0.688. The molecule has 4 fully saturated rings. The lowest BCUT2D eigenvalue weighted by atomic mass is 9.51. The molecule has 5 rings (SSSR count). The smallest absolute Gasteiger partial charge is 0.104 e. The second kappa shape index (κ2) is 4.55. The van der Waals surface area contributed by atoms with E-state index in [0.717, 1.165) is 42.0 Å². The van der Waals surface area contributed by atoms with Gasteiger partial charge in [-0.05, 0) is 74.2 Å². The molecule has 106 valence electrons. The predicted octanol–water partition coefficient (Wildman–Crippen LogP) is 3.40. The summed E-state index contributed by atoms with van der Waals surface area (Å²) in [7, 11) is 0. The normalized spacial score (nSPS) is 38.0. The first-order valence-corrected chi connectivity index (χ1v) is 8.08. The van der Waals surface area contributed by atoms with Gasteiger partial charge in [0.15, 0.2) is 0 Å². The summed E-state index contributed by atoms with van der Waals surface area (Å²) in [5.74, 6) is 5.73. The SMILES string of the molecule is N#Cc1cc(N)n(CCC2C3CC4CC(C3)CC2C4)c1. The zero-order valence-corrected chi connectivity index (χ0v) is 12.0. The maximum absolute atomic E-state index is 8.94. The van der Waals surface area contributed by atoms with Gasteiger partial charge in [-0.3, -0.25) is 0 Å². The molecule has 0 aliphatic heterocycles. The average Bonchev–Trinajstić information content (AvgIpc) is 2.78. The largest absolute Gasteiger partial charge is 0.385 e. The Morgan fingerprint density at radius 2 is 1.80 bits per heavy atom. The minimum Gasteiger partial charge on any atom is -0.385 e. The van der Waals surface area contributed by atoms with E-state index in [1.54, 1.807) is 6.07 Å². The van der Waals surface area contributed by atoms with Crippen LogP contribution < -0.4 is 5.73 Å². The monoisotopic (exact) mass is 269 g/mol. The quantitative estimate of drug-likeness (QED) is 0.914. The first kappa shape index (κ1) is 12.3. The topological polar surface area (TPSA) is 54.7 Å². The molecule has 0 radical (unpaired) electrons. The van der Waals surface area contributed by atoms with E-state index < -0.39 is 0 Å². The van der Waals surface area contributed by atoms with Crippen molar-refractivity contribution in [2.24, 2.45) is 29.6 Å². The third kappa shape index (κ3) is 1.93. The number of nitrogens with two attached hydrogens (primary N) is 1. The van der Waals surface area contributed by atoms with Crippen LogP contribution in [0.1, 0.15) is 44.1 Å². The summed E-state index contributed by atoms with van der Waals surface area (Å²) in [6.45, 7) is 0.987. The summed E-state index contributed by atoms with van der Waals surface area (Å²) >= 11 is 0. The molecule has 1 heterocycles. The molecule has 0 unspecified atom stereocenters. The van der Waals surface area contributed by atoms with Crippen LogP contribution in [0.15, 0.2) is 12.3 Å². The number of anilines is 1. The molecule has 0 aromatic carbocycles. The highest BCUT2D eigenvalue weighted by molar-refractivity contribution is 5.41. The average molecular weight is 269 g/mol. The first-order valence-electron chi connectivity index (χ1n) is 8.08. The molecule has 2 N–H and O–H groups in total. The Balaban J connectivity index is 1.44. The van der Waals surface area contributed by atoms with Crippen LogP contribution in [0, 0.1) is 40.9 Å². The summed E-state index contributed by atoms with van der Waals surface area (Å²) in [6.07, 6.45) is 10.6. The molecule has 3 nitrogen and oxygen atoms in total. The lowest BCUT2D eigenvalue weighted by Crippen LogP contribution is -2.45. The third-order valence-electron chi connectivity index (χ3n) is 6.18. The van der Waals surface area contributed by atoms with E-state index in [0.29, 0.717) is 5.56 Å². The number of nitrogen functional groups attached to an aromatic ring is 1. The van der Waals surface area contributed by atoms with Crippen LogP contribution in [0.4, 0.5) is 5.82 Å². The maximum Gasteiger partial charge on any atom is 0.104 e. The van der Waals surface area contributed by atoms with Crippen molar-refractivity contribution in [3.63, 3.8) is 0 Å². The van der Waals surface area contributed by atoms with Crippen LogP contribution >= 0.6 is 0 Å². The van der Waals surface area contributed by atoms with Crippen molar-refractivity contribution in [3.8, 4) is 6.07 Å². The van der Waals surface area contributed by atoms with E-state index in [-0.39, 0.29) is 0 Å². The van der Waals surface area contributed by atoms with Gasteiger partial charge in [-0.25, -0.2) is 0 Å². The molecule has 0 atom stereocenters. The predicted molar refractivity (Wildman–Crippen MR) is 78.7 cm³/mol. The Kier molecular flexibility index (Phi) is 2.80. The highest BCUT2D eigenvalue weighted by atomic mass is 15.0. The van der Waals surface area contributed by atoms with Gasteiger partial charge >= 0.3 is 0 Å². The van der Waals surface area contributed by atoms with Gasteiger partial charge in [-0.1, -0.05) is 0 Å². The number of aryl methyl sites for hydroxylation is 1.